The fourth-order valence-electron chi connectivity index (χ4n) is 1.85. The fraction of sp³-hybridized carbons (Fsp3) is 0.188. The molecule has 0 aromatic heterocycles. The molecule has 0 saturated heterocycles. The number of benzene rings is 2. The van der Waals surface area contributed by atoms with Crippen LogP contribution in [0.2, 0.25) is 0 Å². The molecule has 2 aromatic rings. The Morgan fingerprint density at radius 2 is 1.96 bits per heavy atom. The summed E-state index contributed by atoms with van der Waals surface area (Å²) in [6.45, 7) is 2.12. The van der Waals surface area contributed by atoms with Crippen LogP contribution in [0, 0.1) is 22.9 Å². The fourth-order valence-corrected chi connectivity index (χ4v) is 1.85. The summed E-state index contributed by atoms with van der Waals surface area (Å²) in [5, 5.41) is 13.1. The smallest absolute Gasteiger partial charge is 0.306 e. The van der Waals surface area contributed by atoms with E-state index in [1.54, 1.807) is 12.1 Å². The summed E-state index contributed by atoms with van der Waals surface area (Å²) in [5.41, 5.74) is 0.588. The Kier molecular flexibility index (Phi) is 5.24. The molecule has 1 N–H and O–H groups in total. The number of rotatable bonds is 6. The summed E-state index contributed by atoms with van der Waals surface area (Å²) >= 11 is 0. The minimum atomic E-state index is -0.948. The van der Waals surface area contributed by atoms with Crippen LogP contribution in [0.15, 0.2) is 42.5 Å². The number of nitro groups is 1. The molecule has 0 spiro atoms. The van der Waals surface area contributed by atoms with Crippen LogP contribution in [0.4, 0.5) is 15.8 Å². The van der Waals surface area contributed by atoms with Gasteiger partial charge < -0.3 is 10.1 Å². The average molecular weight is 318 g/mol. The van der Waals surface area contributed by atoms with E-state index in [9.17, 15) is 19.3 Å². The molecule has 0 radical (unpaired) electrons. The number of hydrogen-bond donors (Lipinski definition) is 1. The highest BCUT2D eigenvalue weighted by atomic mass is 19.1. The molecule has 2 aromatic carbocycles. The molecule has 0 bridgehead atoms. The lowest BCUT2D eigenvalue weighted by molar-refractivity contribution is -0.387. The Hall–Kier alpha value is -2.96. The quantitative estimate of drug-likeness (QED) is 0.653. The molecular weight excluding hydrogens is 303 g/mol. The standard InChI is InChI=1S/C16H15FN2O4/c1-11-2-5-13(6-3-11)23-9-8-16(20)18-12-4-7-14(17)15(10-12)19(21)22/h2-7,10H,8-9H2,1H3,(H,18,20). The van der Waals surface area contributed by atoms with Gasteiger partial charge in [-0.05, 0) is 31.2 Å². The third-order valence-electron chi connectivity index (χ3n) is 3.05. The summed E-state index contributed by atoms with van der Waals surface area (Å²) in [7, 11) is 0. The SMILES string of the molecule is Cc1ccc(OCCC(=O)Nc2ccc(F)c([N+](=O)[O-])c2)cc1. The Balaban J connectivity index is 1.86. The first-order valence-electron chi connectivity index (χ1n) is 6.89. The number of hydrogen-bond acceptors (Lipinski definition) is 4. The van der Waals surface area contributed by atoms with E-state index in [0.717, 1.165) is 17.7 Å². The van der Waals surface area contributed by atoms with Gasteiger partial charge in [0, 0.05) is 11.8 Å². The van der Waals surface area contributed by atoms with Crippen LogP contribution in [0.1, 0.15) is 12.0 Å². The Morgan fingerprint density at radius 3 is 2.61 bits per heavy atom. The summed E-state index contributed by atoms with van der Waals surface area (Å²) in [6.07, 6.45) is 0.0685. The van der Waals surface area contributed by atoms with Gasteiger partial charge in [-0.25, -0.2) is 0 Å². The second-order valence-electron chi connectivity index (χ2n) is 4.88. The Bertz CT molecular complexity index is 717. The largest absolute Gasteiger partial charge is 0.493 e. The van der Waals surface area contributed by atoms with Crippen molar-refractivity contribution in [3.05, 3.63) is 64.0 Å². The van der Waals surface area contributed by atoms with Crippen LogP contribution in [0.5, 0.6) is 5.75 Å². The summed E-state index contributed by atoms with van der Waals surface area (Å²) in [5.74, 6) is -0.672. The van der Waals surface area contributed by atoms with E-state index in [1.165, 1.54) is 6.07 Å². The van der Waals surface area contributed by atoms with Crippen LogP contribution >= 0.6 is 0 Å². The van der Waals surface area contributed by atoms with Crippen LogP contribution in [-0.2, 0) is 4.79 Å². The second kappa shape index (κ2) is 7.35. The van der Waals surface area contributed by atoms with Gasteiger partial charge in [0.25, 0.3) is 0 Å². The maximum Gasteiger partial charge on any atom is 0.306 e. The van der Waals surface area contributed by atoms with Gasteiger partial charge in [0.2, 0.25) is 11.7 Å². The number of anilines is 1. The number of nitro benzene ring substituents is 1. The highest BCUT2D eigenvalue weighted by molar-refractivity contribution is 5.91. The predicted octanol–water partition coefficient (Wildman–Crippen LogP) is 3.45. The lowest BCUT2D eigenvalue weighted by atomic mass is 10.2. The van der Waals surface area contributed by atoms with Gasteiger partial charge >= 0.3 is 5.69 Å². The molecular formula is C16H15FN2O4. The monoisotopic (exact) mass is 318 g/mol. The number of carbonyl (C=O) groups is 1. The predicted molar refractivity (Wildman–Crippen MR) is 83.0 cm³/mol. The number of aryl methyl sites for hydroxylation is 1. The van der Waals surface area contributed by atoms with Crippen molar-refractivity contribution in [2.24, 2.45) is 0 Å². The molecule has 0 fully saturated rings. The summed E-state index contributed by atoms with van der Waals surface area (Å²) < 4.78 is 18.6. The molecule has 23 heavy (non-hydrogen) atoms. The molecule has 0 atom stereocenters. The zero-order valence-corrected chi connectivity index (χ0v) is 12.4. The average Bonchev–Trinajstić information content (AvgIpc) is 2.51. The van der Waals surface area contributed by atoms with Crippen LogP contribution in [-0.4, -0.2) is 17.4 Å². The van der Waals surface area contributed by atoms with E-state index < -0.39 is 16.4 Å². The Morgan fingerprint density at radius 1 is 1.26 bits per heavy atom. The van der Waals surface area contributed by atoms with Crippen molar-refractivity contribution >= 4 is 17.3 Å². The zero-order chi connectivity index (χ0) is 16.8. The lowest BCUT2D eigenvalue weighted by Gasteiger charge is -2.07. The molecule has 7 heteroatoms. The number of carbonyl (C=O) groups excluding carboxylic acids is 1. The van der Waals surface area contributed by atoms with Crippen molar-refractivity contribution in [2.75, 3.05) is 11.9 Å². The normalized spacial score (nSPS) is 10.2. The van der Waals surface area contributed by atoms with E-state index in [0.29, 0.717) is 5.75 Å². The molecule has 0 aliphatic rings. The number of nitrogens with zero attached hydrogens (tertiary/aromatic N) is 1. The van der Waals surface area contributed by atoms with Crippen LogP contribution in [0.25, 0.3) is 0 Å². The second-order valence-corrected chi connectivity index (χ2v) is 4.88. The third-order valence-corrected chi connectivity index (χ3v) is 3.05. The van der Waals surface area contributed by atoms with Crippen molar-refractivity contribution in [3.63, 3.8) is 0 Å². The van der Waals surface area contributed by atoms with Gasteiger partial charge in [0.1, 0.15) is 5.75 Å². The molecule has 0 unspecified atom stereocenters. The highest BCUT2D eigenvalue weighted by Gasteiger charge is 2.15. The van der Waals surface area contributed by atoms with Crippen molar-refractivity contribution in [1.82, 2.24) is 0 Å². The minimum Gasteiger partial charge on any atom is -0.493 e. The van der Waals surface area contributed by atoms with Crippen LogP contribution < -0.4 is 10.1 Å². The first kappa shape index (κ1) is 16.4. The van der Waals surface area contributed by atoms with E-state index in [2.05, 4.69) is 5.32 Å². The summed E-state index contributed by atoms with van der Waals surface area (Å²) in [6, 6.07) is 10.6. The number of halogens is 1. The van der Waals surface area contributed by atoms with Gasteiger partial charge in [-0.1, -0.05) is 17.7 Å². The van der Waals surface area contributed by atoms with E-state index in [-0.39, 0.29) is 24.6 Å². The highest BCUT2D eigenvalue weighted by Crippen LogP contribution is 2.21. The molecule has 0 aliphatic heterocycles. The first-order chi connectivity index (χ1) is 11.0. The van der Waals surface area contributed by atoms with E-state index in [1.807, 2.05) is 19.1 Å². The van der Waals surface area contributed by atoms with E-state index >= 15 is 0 Å². The van der Waals surface area contributed by atoms with Crippen molar-refractivity contribution in [2.45, 2.75) is 13.3 Å². The Labute approximate surface area is 132 Å². The number of amides is 1. The zero-order valence-electron chi connectivity index (χ0n) is 12.4. The van der Waals surface area contributed by atoms with Crippen molar-refractivity contribution in [1.29, 1.82) is 0 Å². The first-order valence-corrected chi connectivity index (χ1v) is 6.89. The van der Waals surface area contributed by atoms with Crippen molar-refractivity contribution < 1.29 is 18.8 Å². The molecule has 120 valence electrons. The van der Waals surface area contributed by atoms with Gasteiger partial charge in [0.15, 0.2) is 0 Å². The summed E-state index contributed by atoms with van der Waals surface area (Å²) in [4.78, 5) is 21.6. The molecule has 1 amide bonds. The number of nitrogens with one attached hydrogen (secondary N) is 1. The van der Waals surface area contributed by atoms with Crippen molar-refractivity contribution in [3.8, 4) is 5.75 Å². The molecule has 0 saturated carbocycles. The maximum absolute atomic E-state index is 13.2. The topological polar surface area (TPSA) is 81.5 Å². The van der Waals surface area contributed by atoms with Gasteiger partial charge in [0.05, 0.1) is 18.0 Å². The van der Waals surface area contributed by atoms with Gasteiger partial charge in [-0.3, -0.25) is 14.9 Å². The van der Waals surface area contributed by atoms with Gasteiger partial charge in [-0.15, -0.1) is 0 Å². The van der Waals surface area contributed by atoms with Crippen LogP contribution in [0.3, 0.4) is 0 Å². The molecule has 0 aliphatic carbocycles. The minimum absolute atomic E-state index is 0.0685. The maximum atomic E-state index is 13.2. The van der Waals surface area contributed by atoms with Gasteiger partial charge in [-0.2, -0.15) is 4.39 Å². The lowest BCUT2D eigenvalue weighted by Crippen LogP contribution is -2.15. The molecule has 0 heterocycles. The molecule has 2 rings (SSSR count). The third kappa shape index (κ3) is 4.77. The number of ether oxygens (including phenoxy) is 1. The molecule has 6 nitrogen and oxygen atoms in total. The van der Waals surface area contributed by atoms with E-state index in [4.69, 9.17) is 4.74 Å².